The van der Waals surface area contributed by atoms with Crippen molar-refractivity contribution in [1.82, 2.24) is 10.2 Å². The number of primary amides is 1. The van der Waals surface area contributed by atoms with Gasteiger partial charge in [0.15, 0.2) is 5.82 Å². The molecule has 3 amide bonds. The third-order valence-electron chi connectivity index (χ3n) is 3.68. The number of amides is 3. The maximum atomic E-state index is 12.2. The highest BCUT2D eigenvalue weighted by molar-refractivity contribution is 6.04. The second-order valence-electron chi connectivity index (χ2n) is 5.41. The summed E-state index contributed by atoms with van der Waals surface area (Å²) >= 11 is 0. The molecular formula is C15H17N5O2. The highest BCUT2D eigenvalue weighted by Crippen LogP contribution is 2.41. The Balaban J connectivity index is 1.70. The van der Waals surface area contributed by atoms with E-state index in [-0.39, 0.29) is 5.91 Å². The van der Waals surface area contributed by atoms with Gasteiger partial charge in [0.05, 0.1) is 0 Å². The Bertz CT molecular complexity index is 716. The van der Waals surface area contributed by atoms with Crippen molar-refractivity contribution in [1.29, 1.82) is 0 Å². The second kappa shape index (κ2) is 5.51. The highest BCUT2D eigenvalue weighted by Gasteiger charge is 2.28. The zero-order valence-corrected chi connectivity index (χ0v) is 12.1. The molecule has 1 fully saturated rings. The van der Waals surface area contributed by atoms with Gasteiger partial charge in [0.2, 0.25) is 0 Å². The first-order valence-corrected chi connectivity index (χ1v) is 7.07. The summed E-state index contributed by atoms with van der Waals surface area (Å²) in [5, 5.41) is 12.4. The molecule has 5 N–H and O–H groups in total. The van der Waals surface area contributed by atoms with Crippen LogP contribution in [0.1, 0.15) is 40.4 Å². The molecule has 1 heterocycles. The van der Waals surface area contributed by atoms with Crippen LogP contribution in [-0.2, 0) is 0 Å². The number of aromatic nitrogens is 2. The first kappa shape index (κ1) is 14.1. The Morgan fingerprint density at radius 2 is 1.91 bits per heavy atom. The number of urea groups is 1. The van der Waals surface area contributed by atoms with Crippen molar-refractivity contribution in [3.05, 3.63) is 41.1 Å². The van der Waals surface area contributed by atoms with Crippen LogP contribution in [-0.4, -0.2) is 22.1 Å². The van der Waals surface area contributed by atoms with E-state index >= 15 is 0 Å². The predicted molar refractivity (Wildman–Crippen MR) is 82.9 cm³/mol. The molecular weight excluding hydrogens is 282 g/mol. The molecule has 0 unspecified atom stereocenters. The van der Waals surface area contributed by atoms with Crippen molar-refractivity contribution in [3.8, 4) is 0 Å². The average molecular weight is 299 g/mol. The van der Waals surface area contributed by atoms with Gasteiger partial charge in [0, 0.05) is 28.4 Å². The van der Waals surface area contributed by atoms with E-state index in [1.54, 1.807) is 24.3 Å². The fourth-order valence-electron chi connectivity index (χ4n) is 2.33. The Labute approximate surface area is 127 Å². The van der Waals surface area contributed by atoms with E-state index in [4.69, 9.17) is 5.73 Å². The summed E-state index contributed by atoms with van der Waals surface area (Å²) in [7, 11) is 0. The van der Waals surface area contributed by atoms with Gasteiger partial charge in [-0.1, -0.05) is 0 Å². The number of anilines is 2. The number of hydrogen-bond donors (Lipinski definition) is 4. The number of nitrogens with two attached hydrogens (primary N) is 1. The number of benzene rings is 1. The Morgan fingerprint density at radius 1 is 1.23 bits per heavy atom. The van der Waals surface area contributed by atoms with Gasteiger partial charge in [-0.25, -0.2) is 4.79 Å². The van der Waals surface area contributed by atoms with Crippen LogP contribution in [0.15, 0.2) is 24.3 Å². The Hall–Kier alpha value is -2.83. The number of nitrogens with one attached hydrogen (secondary N) is 3. The van der Waals surface area contributed by atoms with E-state index in [0.717, 1.165) is 11.3 Å². The van der Waals surface area contributed by atoms with Crippen LogP contribution in [0.4, 0.5) is 16.3 Å². The van der Waals surface area contributed by atoms with Crippen molar-refractivity contribution in [2.24, 2.45) is 5.73 Å². The summed E-state index contributed by atoms with van der Waals surface area (Å²) < 4.78 is 0. The molecule has 0 bridgehead atoms. The number of aromatic amines is 1. The lowest BCUT2D eigenvalue weighted by Crippen LogP contribution is -2.19. The molecule has 2 aromatic rings. The van der Waals surface area contributed by atoms with E-state index in [2.05, 4.69) is 20.8 Å². The monoisotopic (exact) mass is 299 g/mol. The van der Waals surface area contributed by atoms with Gasteiger partial charge in [0.1, 0.15) is 0 Å². The van der Waals surface area contributed by atoms with Crippen molar-refractivity contribution < 1.29 is 9.59 Å². The minimum atomic E-state index is -0.642. The van der Waals surface area contributed by atoms with Crippen LogP contribution >= 0.6 is 0 Å². The van der Waals surface area contributed by atoms with Crippen LogP contribution in [0.5, 0.6) is 0 Å². The number of H-pyrrole nitrogens is 1. The molecule has 0 aliphatic heterocycles. The molecule has 3 rings (SSSR count). The molecule has 7 nitrogen and oxygen atoms in total. The summed E-state index contributed by atoms with van der Waals surface area (Å²) in [6.45, 7) is 1.95. The molecule has 0 saturated heterocycles. The smallest absolute Gasteiger partial charge is 0.316 e. The lowest BCUT2D eigenvalue weighted by molar-refractivity contribution is 0.102. The van der Waals surface area contributed by atoms with Crippen LogP contribution in [0.2, 0.25) is 0 Å². The maximum absolute atomic E-state index is 12.2. The average Bonchev–Trinajstić information content (AvgIpc) is 3.25. The molecule has 1 aromatic carbocycles. The van der Waals surface area contributed by atoms with E-state index in [9.17, 15) is 9.59 Å². The van der Waals surface area contributed by atoms with E-state index in [0.29, 0.717) is 23.0 Å². The molecule has 1 aromatic heterocycles. The Kier molecular flexibility index (Phi) is 3.54. The SMILES string of the molecule is Cc1c(NC(=O)c2ccc(NC(N)=O)cc2)n[nH]c1C1CC1. The van der Waals surface area contributed by atoms with Gasteiger partial charge in [-0.05, 0) is 44.0 Å². The molecule has 1 saturated carbocycles. The summed E-state index contributed by atoms with van der Waals surface area (Å²) in [6, 6.07) is 5.82. The first-order valence-electron chi connectivity index (χ1n) is 7.07. The molecule has 1 aliphatic carbocycles. The fourth-order valence-corrected chi connectivity index (χ4v) is 2.33. The van der Waals surface area contributed by atoms with Crippen LogP contribution in [0.3, 0.4) is 0 Å². The molecule has 0 atom stereocenters. The lowest BCUT2D eigenvalue weighted by atomic mass is 10.1. The molecule has 1 aliphatic rings. The predicted octanol–water partition coefficient (Wildman–Crippen LogP) is 2.34. The standard InChI is InChI=1S/C15H17N5O2/c1-8-12(9-2-3-9)19-20-13(8)18-14(21)10-4-6-11(7-5-10)17-15(16)22/h4-7,9H,2-3H2,1H3,(H3,16,17,22)(H2,18,19,20,21). The van der Waals surface area contributed by atoms with Gasteiger partial charge < -0.3 is 16.4 Å². The summed E-state index contributed by atoms with van der Waals surface area (Å²) in [5.41, 5.74) is 8.14. The zero-order chi connectivity index (χ0) is 15.7. The van der Waals surface area contributed by atoms with Crippen molar-refractivity contribution in [2.45, 2.75) is 25.7 Å². The molecule has 114 valence electrons. The summed E-state index contributed by atoms with van der Waals surface area (Å²) in [6.07, 6.45) is 2.34. The fraction of sp³-hybridized carbons (Fsp3) is 0.267. The third kappa shape index (κ3) is 2.93. The van der Waals surface area contributed by atoms with Crippen LogP contribution in [0, 0.1) is 6.92 Å². The second-order valence-corrected chi connectivity index (χ2v) is 5.41. The van der Waals surface area contributed by atoms with Gasteiger partial charge in [-0.15, -0.1) is 0 Å². The first-order chi connectivity index (χ1) is 10.5. The molecule has 0 radical (unpaired) electrons. The molecule has 0 spiro atoms. The number of hydrogen-bond acceptors (Lipinski definition) is 3. The quantitative estimate of drug-likeness (QED) is 0.694. The van der Waals surface area contributed by atoms with Crippen molar-refractivity contribution in [3.63, 3.8) is 0 Å². The largest absolute Gasteiger partial charge is 0.351 e. The van der Waals surface area contributed by atoms with E-state index < -0.39 is 6.03 Å². The highest BCUT2D eigenvalue weighted by atomic mass is 16.2. The van der Waals surface area contributed by atoms with Crippen LogP contribution in [0.25, 0.3) is 0 Å². The van der Waals surface area contributed by atoms with Crippen LogP contribution < -0.4 is 16.4 Å². The van der Waals surface area contributed by atoms with Gasteiger partial charge in [-0.2, -0.15) is 5.10 Å². The number of nitrogens with zero attached hydrogens (tertiary/aromatic N) is 1. The molecule has 7 heteroatoms. The minimum Gasteiger partial charge on any atom is -0.351 e. The Morgan fingerprint density at radius 3 is 2.50 bits per heavy atom. The number of carbonyl (C=O) groups excluding carboxylic acids is 2. The normalized spacial score (nSPS) is 13.7. The van der Waals surface area contributed by atoms with Gasteiger partial charge >= 0.3 is 6.03 Å². The number of rotatable bonds is 4. The zero-order valence-electron chi connectivity index (χ0n) is 12.1. The van der Waals surface area contributed by atoms with Crippen molar-refractivity contribution in [2.75, 3.05) is 10.6 Å². The van der Waals surface area contributed by atoms with E-state index in [1.165, 1.54) is 12.8 Å². The van der Waals surface area contributed by atoms with Crippen molar-refractivity contribution >= 4 is 23.4 Å². The third-order valence-corrected chi connectivity index (χ3v) is 3.68. The molecule has 22 heavy (non-hydrogen) atoms. The summed E-state index contributed by atoms with van der Waals surface area (Å²) in [4.78, 5) is 23.0. The maximum Gasteiger partial charge on any atom is 0.316 e. The minimum absolute atomic E-state index is 0.248. The summed E-state index contributed by atoms with van der Waals surface area (Å²) in [5.74, 6) is 0.867. The number of carbonyl (C=O) groups is 2. The van der Waals surface area contributed by atoms with Gasteiger partial charge in [-0.3, -0.25) is 9.89 Å². The topological polar surface area (TPSA) is 113 Å². The van der Waals surface area contributed by atoms with Gasteiger partial charge in [0.25, 0.3) is 5.91 Å². The van der Waals surface area contributed by atoms with E-state index in [1.807, 2.05) is 6.92 Å². The lowest BCUT2D eigenvalue weighted by Gasteiger charge is -2.05.